The Morgan fingerprint density at radius 1 is 1.42 bits per heavy atom. The largest absolute Gasteiger partial charge is 0.394 e. The highest BCUT2D eigenvalue weighted by molar-refractivity contribution is 7.89. The average molecular weight is 289 g/mol. The first-order chi connectivity index (χ1) is 8.83. The number of sulfonamides is 1. The molecule has 19 heavy (non-hydrogen) atoms. The molecule has 0 radical (unpaired) electrons. The van der Waals surface area contributed by atoms with Crippen LogP contribution in [0.4, 0.5) is 0 Å². The van der Waals surface area contributed by atoms with Crippen molar-refractivity contribution < 1.29 is 13.5 Å². The summed E-state index contributed by atoms with van der Waals surface area (Å²) in [4.78, 5) is 0.226. The van der Waals surface area contributed by atoms with Crippen molar-refractivity contribution in [2.75, 3.05) is 13.2 Å². The van der Waals surface area contributed by atoms with E-state index in [9.17, 15) is 8.42 Å². The Balaban J connectivity index is 3.01. The molecule has 7 heteroatoms. The first-order valence-corrected chi connectivity index (χ1v) is 7.96. The zero-order chi connectivity index (χ0) is 14.6. The molecule has 110 valence electrons. The van der Waals surface area contributed by atoms with Crippen molar-refractivity contribution in [1.29, 1.82) is 0 Å². The van der Waals surface area contributed by atoms with Gasteiger partial charge in [0.25, 0.3) is 0 Å². The van der Waals surface area contributed by atoms with E-state index in [1.807, 2.05) is 13.8 Å². The van der Waals surface area contributed by atoms with Crippen LogP contribution in [0, 0.1) is 19.8 Å². The number of aliphatic hydroxyl groups is 1. The fraction of sp³-hybridized carbons (Fsp3) is 0.750. The van der Waals surface area contributed by atoms with Gasteiger partial charge in [-0.05, 0) is 19.8 Å². The maximum atomic E-state index is 12.3. The van der Waals surface area contributed by atoms with Gasteiger partial charge in [-0.25, -0.2) is 13.1 Å². The topological polar surface area (TPSA) is 84.2 Å². The standard InChI is InChI=1S/C12H23N3O3S/c1-5-9(2)8-13-19(17,18)12-10(3)14-15(6-7-16)11(12)4/h9,13,16H,5-8H2,1-4H3. The fourth-order valence-corrected chi connectivity index (χ4v) is 3.42. The van der Waals surface area contributed by atoms with Crippen LogP contribution in [-0.4, -0.2) is 36.5 Å². The van der Waals surface area contributed by atoms with E-state index >= 15 is 0 Å². The first kappa shape index (κ1) is 16.1. The predicted molar refractivity (Wildman–Crippen MR) is 73.4 cm³/mol. The van der Waals surface area contributed by atoms with Gasteiger partial charge in [0.05, 0.1) is 24.5 Å². The van der Waals surface area contributed by atoms with Crippen molar-refractivity contribution in [2.24, 2.45) is 5.92 Å². The SMILES string of the molecule is CCC(C)CNS(=O)(=O)c1c(C)nn(CCO)c1C. The molecule has 0 aliphatic rings. The van der Waals surface area contributed by atoms with Gasteiger partial charge in [-0.2, -0.15) is 5.10 Å². The van der Waals surface area contributed by atoms with Gasteiger partial charge in [-0.1, -0.05) is 20.3 Å². The summed E-state index contributed by atoms with van der Waals surface area (Å²) in [6.45, 7) is 8.04. The summed E-state index contributed by atoms with van der Waals surface area (Å²) in [5, 5.41) is 13.1. The molecule has 0 saturated heterocycles. The normalized spacial score (nSPS) is 13.7. The Kier molecular flexibility index (Phi) is 5.51. The molecule has 0 spiro atoms. The second-order valence-corrected chi connectivity index (χ2v) is 6.52. The van der Waals surface area contributed by atoms with E-state index in [4.69, 9.17) is 5.11 Å². The second kappa shape index (κ2) is 6.49. The van der Waals surface area contributed by atoms with Crippen molar-refractivity contribution >= 4 is 10.0 Å². The third kappa shape index (κ3) is 3.77. The van der Waals surface area contributed by atoms with E-state index in [-0.39, 0.29) is 11.5 Å². The molecular formula is C12H23N3O3S. The smallest absolute Gasteiger partial charge is 0.244 e. The molecule has 1 rings (SSSR count). The third-order valence-electron chi connectivity index (χ3n) is 3.21. The Morgan fingerprint density at radius 3 is 2.58 bits per heavy atom. The minimum absolute atomic E-state index is 0.0677. The van der Waals surface area contributed by atoms with Crippen molar-refractivity contribution in [3.63, 3.8) is 0 Å². The Morgan fingerprint density at radius 2 is 2.05 bits per heavy atom. The summed E-state index contributed by atoms with van der Waals surface area (Å²) < 4.78 is 28.7. The minimum atomic E-state index is -3.54. The van der Waals surface area contributed by atoms with Crippen LogP contribution in [-0.2, 0) is 16.6 Å². The summed E-state index contributed by atoms with van der Waals surface area (Å²) in [6.07, 6.45) is 0.921. The molecule has 0 aliphatic carbocycles. The van der Waals surface area contributed by atoms with E-state index in [2.05, 4.69) is 9.82 Å². The summed E-state index contributed by atoms with van der Waals surface area (Å²) >= 11 is 0. The highest BCUT2D eigenvalue weighted by Gasteiger charge is 2.24. The number of aliphatic hydroxyl groups excluding tert-OH is 1. The van der Waals surface area contributed by atoms with Gasteiger partial charge in [0.1, 0.15) is 4.90 Å². The van der Waals surface area contributed by atoms with Crippen molar-refractivity contribution in [3.05, 3.63) is 11.4 Å². The van der Waals surface area contributed by atoms with Crippen LogP contribution in [0.2, 0.25) is 0 Å². The van der Waals surface area contributed by atoms with E-state index < -0.39 is 10.0 Å². The highest BCUT2D eigenvalue weighted by atomic mass is 32.2. The van der Waals surface area contributed by atoms with E-state index in [0.29, 0.717) is 30.4 Å². The lowest BCUT2D eigenvalue weighted by atomic mass is 10.1. The van der Waals surface area contributed by atoms with Gasteiger partial charge in [-0.3, -0.25) is 4.68 Å². The highest BCUT2D eigenvalue weighted by Crippen LogP contribution is 2.19. The van der Waals surface area contributed by atoms with E-state index in [1.54, 1.807) is 13.8 Å². The van der Waals surface area contributed by atoms with Crippen LogP contribution in [0.25, 0.3) is 0 Å². The molecule has 1 aromatic heterocycles. The monoisotopic (exact) mass is 289 g/mol. The molecule has 1 atom stereocenters. The van der Waals surface area contributed by atoms with Gasteiger partial charge >= 0.3 is 0 Å². The van der Waals surface area contributed by atoms with Crippen LogP contribution in [0.1, 0.15) is 31.7 Å². The van der Waals surface area contributed by atoms with Gasteiger partial charge in [-0.15, -0.1) is 0 Å². The van der Waals surface area contributed by atoms with Crippen LogP contribution >= 0.6 is 0 Å². The van der Waals surface area contributed by atoms with Crippen molar-refractivity contribution in [2.45, 2.75) is 45.6 Å². The van der Waals surface area contributed by atoms with Crippen molar-refractivity contribution in [3.8, 4) is 0 Å². The summed E-state index contributed by atoms with van der Waals surface area (Å²) in [7, 11) is -3.54. The summed E-state index contributed by atoms with van der Waals surface area (Å²) in [6, 6.07) is 0. The maximum absolute atomic E-state index is 12.3. The lowest BCUT2D eigenvalue weighted by Gasteiger charge is -2.11. The molecule has 6 nitrogen and oxygen atoms in total. The van der Waals surface area contributed by atoms with Gasteiger partial charge in [0.2, 0.25) is 10.0 Å². The lowest BCUT2D eigenvalue weighted by Crippen LogP contribution is -2.29. The zero-order valence-electron chi connectivity index (χ0n) is 12.0. The Labute approximate surface area is 114 Å². The molecule has 0 bridgehead atoms. The summed E-state index contributed by atoms with van der Waals surface area (Å²) in [5.74, 6) is 0.294. The lowest BCUT2D eigenvalue weighted by molar-refractivity contribution is 0.267. The predicted octanol–water partition coefficient (Wildman–Crippen LogP) is 0.817. The number of nitrogens with zero attached hydrogens (tertiary/aromatic N) is 2. The van der Waals surface area contributed by atoms with E-state index in [0.717, 1.165) is 6.42 Å². The molecule has 1 heterocycles. The number of hydrogen-bond acceptors (Lipinski definition) is 4. The zero-order valence-corrected chi connectivity index (χ0v) is 12.8. The number of aromatic nitrogens is 2. The quantitative estimate of drug-likeness (QED) is 0.778. The number of rotatable bonds is 7. The molecule has 0 amide bonds. The minimum Gasteiger partial charge on any atom is -0.394 e. The third-order valence-corrected chi connectivity index (χ3v) is 4.89. The van der Waals surface area contributed by atoms with Crippen LogP contribution in [0.3, 0.4) is 0 Å². The van der Waals surface area contributed by atoms with Gasteiger partial charge in [0, 0.05) is 6.54 Å². The van der Waals surface area contributed by atoms with Gasteiger partial charge < -0.3 is 5.11 Å². The molecule has 0 fully saturated rings. The molecule has 1 unspecified atom stereocenters. The van der Waals surface area contributed by atoms with Crippen LogP contribution in [0.15, 0.2) is 4.90 Å². The van der Waals surface area contributed by atoms with Crippen LogP contribution in [0.5, 0.6) is 0 Å². The van der Waals surface area contributed by atoms with Gasteiger partial charge in [0.15, 0.2) is 0 Å². The fourth-order valence-electron chi connectivity index (χ4n) is 1.85. The van der Waals surface area contributed by atoms with Crippen LogP contribution < -0.4 is 4.72 Å². The number of hydrogen-bond donors (Lipinski definition) is 2. The molecule has 2 N–H and O–H groups in total. The number of aryl methyl sites for hydroxylation is 1. The maximum Gasteiger partial charge on any atom is 0.244 e. The second-order valence-electron chi connectivity index (χ2n) is 4.81. The molecule has 1 aromatic rings. The van der Waals surface area contributed by atoms with Crippen molar-refractivity contribution in [1.82, 2.24) is 14.5 Å². The average Bonchev–Trinajstić information content (AvgIpc) is 2.62. The number of nitrogens with one attached hydrogen (secondary N) is 1. The molecule has 0 saturated carbocycles. The Hall–Kier alpha value is -0.920. The molecule has 0 aliphatic heterocycles. The Bertz CT molecular complexity index is 523. The first-order valence-electron chi connectivity index (χ1n) is 6.48. The molecule has 0 aromatic carbocycles. The summed E-state index contributed by atoms with van der Waals surface area (Å²) in [5.41, 5.74) is 1.02. The van der Waals surface area contributed by atoms with E-state index in [1.165, 1.54) is 4.68 Å². The molecular weight excluding hydrogens is 266 g/mol.